The van der Waals surface area contributed by atoms with Gasteiger partial charge in [-0.2, -0.15) is 0 Å². The molecule has 1 aromatic rings. The Morgan fingerprint density at radius 1 is 0.862 bits per heavy atom. The van der Waals surface area contributed by atoms with Crippen molar-refractivity contribution in [3.8, 4) is 0 Å². The molecule has 1 aliphatic heterocycles. The minimum absolute atomic E-state index is 0.0169. The molecule has 0 radical (unpaired) electrons. The molecule has 1 unspecified atom stereocenters. The van der Waals surface area contributed by atoms with Crippen LogP contribution in [0.4, 0.5) is 5.69 Å². The topological polar surface area (TPSA) is 176 Å². The summed E-state index contributed by atoms with van der Waals surface area (Å²) in [6, 6.07) is 4.60. The van der Waals surface area contributed by atoms with Gasteiger partial charge in [0.15, 0.2) is 0 Å². The molecule has 5 amide bonds. The average Bonchev–Trinajstić information content (AvgIpc) is 3.87. The lowest BCUT2D eigenvalue weighted by Gasteiger charge is -2.41. The predicted molar refractivity (Wildman–Crippen MR) is 227 cm³/mol. The third-order valence-corrected chi connectivity index (χ3v) is 12.3. The SMILES string of the molecule is CC[C@H](C)[C@@H]([C@@H](CC(=O)N1CCC[C@H]1[C@H](OC)[C@@H](C)C(=O)NC(CC1CC1)C(=O)NCc1ccc(N)cc1)OC)N(C)C(=O)[C@@H](NC(=O)[C@H](C(C)C)N(C)C)C(C)C. The predicted octanol–water partition coefficient (Wildman–Crippen LogP) is 3.82. The Balaban J connectivity index is 1.75. The molecule has 14 nitrogen and oxygen atoms in total. The first kappa shape index (κ1) is 48.6. The first-order valence-corrected chi connectivity index (χ1v) is 21.4. The second-order valence-corrected chi connectivity index (χ2v) is 17.7. The maximum atomic E-state index is 14.3. The van der Waals surface area contributed by atoms with Crippen molar-refractivity contribution in [2.24, 2.45) is 29.6 Å². The number of benzene rings is 1. The molecular formula is C44H75N7O7. The molecule has 2 fully saturated rings. The number of carbonyl (C=O) groups excluding carboxylic acids is 5. The van der Waals surface area contributed by atoms with Gasteiger partial charge in [0, 0.05) is 40.0 Å². The minimum atomic E-state index is -0.768. The number of hydrogen-bond donors (Lipinski definition) is 4. The molecule has 0 bridgehead atoms. The molecule has 1 aliphatic carbocycles. The molecular weight excluding hydrogens is 739 g/mol. The van der Waals surface area contributed by atoms with E-state index in [1.54, 1.807) is 50.1 Å². The Hall–Kier alpha value is -3.75. The molecule has 1 saturated heterocycles. The fourth-order valence-corrected chi connectivity index (χ4v) is 8.58. The van der Waals surface area contributed by atoms with Crippen molar-refractivity contribution in [2.45, 2.75) is 142 Å². The number of rotatable bonds is 23. The maximum absolute atomic E-state index is 14.3. The maximum Gasteiger partial charge on any atom is 0.245 e. The van der Waals surface area contributed by atoms with Crippen molar-refractivity contribution in [2.75, 3.05) is 47.6 Å². The molecule has 5 N–H and O–H groups in total. The normalized spacial score (nSPS) is 19.8. The van der Waals surface area contributed by atoms with Crippen LogP contribution < -0.4 is 21.7 Å². The van der Waals surface area contributed by atoms with Gasteiger partial charge in [0.05, 0.1) is 42.7 Å². The van der Waals surface area contributed by atoms with Crippen molar-refractivity contribution < 1.29 is 33.4 Å². The Morgan fingerprint density at radius 3 is 2.02 bits per heavy atom. The van der Waals surface area contributed by atoms with Gasteiger partial charge in [-0.3, -0.25) is 28.9 Å². The van der Waals surface area contributed by atoms with Gasteiger partial charge in [-0.05, 0) is 74.7 Å². The quantitative estimate of drug-likeness (QED) is 0.120. The Labute approximate surface area is 348 Å². The van der Waals surface area contributed by atoms with Crippen molar-refractivity contribution >= 4 is 35.2 Å². The summed E-state index contributed by atoms with van der Waals surface area (Å²) in [5.74, 6) is -1.56. The number of methoxy groups -OCH3 is 2. The lowest BCUT2D eigenvalue weighted by Crippen LogP contribution is -2.59. The smallest absolute Gasteiger partial charge is 0.245 e. The number of nitrogens with one attached hydrogen (secondary N) is 3. The van der Waals surface area contributed by atoms with Gasteiger partial charge in [-0.1, -0.05) is 79.9 Å². The van der Waals surface area contributed by atoms with E-state index < -0.39 is 42.3 Å². The number of carbonyl (C=O) groups is 5. The van der Waals surface area contributed by atoms with Crippen LogP contribution in [0, 0.1) is 29.6 Å². The molecule has 9 atom stereocenters. The molecule has 0 spiro atoms. The van der Waals surface area contributed by atoms with Crippen LogP contribution >= 0.6 is 0 Å². The van der Waals surface area contributed by atoms with Gasteiger partial charge < -0.3 is 41.0 Å². The number of hydrogen-bond acceptors (Lipinski definition) is 9. The van der Waals surface area contributed by atoms with Crippen molar-refractivity contribution in [3.63, 3.8) is 0 Å². The van der Waals surface area contributed by atoms with Gasteiger partial charge in [0.25, 0.3) is 0 Å². The van der Waals surface area contributed by atoms with Crippen molar-refractivity contribution in [1.29, 1.82) is 0 Å². The number of nitrogen functional groups attached to an aromatic ring is 1. The van der Waals surface area contributed by atoms with E-state index >= 15 is 0 Å². The summed E-state index contributed by atoms with van der Waals surface area (Å²) in [6.07, 6.45) is 3.51. The van der Waals surface area contributed by atoms with E-state index in [1.807, 2.05) is 72.7 Å². The van der Waals surface area contributed by atoms with E-state index in [1.165, 1.54) is 0 Å². The molecule has 0 aromatic heterocycles. The van der Waals surface area contributed by atoms with Crippen LogP contribution in [0.3, 0.4) is 0 Å². The monoisotopic (exact) mass is 814 g/mol. The molecule has 328 valence electrons. The van der Waals surface area contributed by atoms with E-state index in [0.29, 0.717) is 37.5 Å². The van der Waals surface area contributed by atoms with E-state index in [4.69, 9.17) is 15.2 Å². The third-order valence-electron chi connectivity index (χ3n) is 12.3. The second kappa shape index (κ2) is 22.6. The summed E-state index contributed by atoms with van der Waals surface area (Å²) < 4.78 is 12.0. The lowest BCUT2D eigenvalue weighted by atomic mass is 9.89. The number of nitrogens with two attached hydrogens (primary N) is 1. The average molecular weight is 814 g/mol. The summed E-state index contributed by atoms with van der Waals surface area (Å²) in [7, 11) is 8.56. The summed E-state index contributed by atoms with van der Waals surface area (Å²) >= 11 is 0. The molecule has 58 heavy (non-hydrogen) atoms. The standard InChI is InChI=1S/C44H75N7O7/c1-13-28(6)39(50(10)44(56)37(26(2)3)48-43(55)38(27(4)5)49(8)9)35(57-11)24-36(52)51-22-14-15-34(51)40(58-12)29(7)41(53)47-33(23-30-16-17-30)42(54)46-25-31-18-20-32(45)21-19-31/h18-21,26-30,33-35,37-40H,13-17,22-25,45H2,1-12H3,(H,46,54)(H,47,53)(H,48,55)/t28-,29+,33?,34-,35+,37-,38-,39-,40+/m0/s1. The summed E-state index contributed by atoms with van der Waals surface area (Å²) in [6.45, 7) is 14.5. The third kappa shape index (κ3) is 13.1. The summed E-state index contributed by atoms with van der Waals surface area (Å²) in [5.41, 5.74) is 7.36. The number of likely N-dealkylation sites (N-methyl/N-ethyl adjacent to an activating group) is 2. The fraction of sp³-hybridized carbons (Fsp3) is 0.750. The van der Waals surface area contributed by atoms with Crippen molar-refractivity contribution in [1.82, 2.24) is 30.7 Å². The number of amides is 5. The van der Waals surface area contributed by atoms with Crippen LogP contribution in [0.1, 0.15) is 99.0 Å². The van der Waals surface area contributed by atoms with Crippen LogP contribution in [0.25, 0.3) is 0 Å². The van der Waals surface area contributed by atoms with Crippen LogP contribution in [-0.2, 0) is 40.0 Å². The van der Waals surface area contributed by atoms with Crippen LogP contribution in [0.5, 0.6) is 0 Å². The molecule has 1 aromatic carbocycles. The molecule has 14 heteroatoms. The van der Waals surface area contributed by atoms with E-state index in [0.717, 1.165) is 31.2 Å². The van der Waals surface area contributed by atoms with Gasteiger partial charge in [0.2, 0.25) is 29.5 Å². The van der Waals surface area contributed by atoms with Gasteiger partial charge >= 0.3 is 0 Å². The van der Waals surface area contributed by atoms with Gasteiger partial charge in [0.1, 0.15) is 12.1 Å². The zero-order valence-corrected chi connectivity index (χ0v) is 37.4. The first-order chi connectivity index (χ1) is 27.4. The lowest BCUT2D eigenvalue weighted by molar-refractivity contribution is -0.148. The highest BCUT2D eigenvalue weighted by Crippen LogP contribution is 2.34. The van der Waals surface area contributed by atoms with E-state index in [9.17, 15) is 24.0 Å². The fourth-order valence-electron chi connectivity index (χ4n) is 8.58. The Morgan fingerprint density at radius 2 is 1.50 bits per heavy atom. The number of anilines is 1. The van der Waals surface area contributed by atoms with Gasteiger partial charge in [-0.15, -0.1) is 0 Å². The highest BCUT2D eigenvalue weighted by Gasteiger charge is 2.44. The minimum Gasteiger partial charge on any atom is -0.399 e. The largest absolute Gasteiger partial charge is 0.399 e. The highest BCUT2D eigenvalue weighted by molar-refractivity contribution is 5.90. The van der Waals surface area contributed by atoms with Crippen molar-refractivity contribution in [3.05, 3.63) is 29.8 Å². The zero-order valence-electron chi connectivity index (χ0n) is 37.4. The number of ether oxygens (including phenoxy) is 2. The number of nitrogens with zero attached hydrogens (tertiary/aromatic N) is 3. The second-order valence-electron chi connectivity index (χ2n) is 17.7. The first-order valence-electron chi connectivity index (χ1n) is 21.4. The Bertz CT molecular complexity index is 1490. The summed E-state index contributed by atoms with van der Waals surface area (Å²) in [4.78, 5) is 74.6. The molecule has 1 saturated carbocycles. The van der Waals surface area contributed by atoms with Crippen LogP contribution in [0.2, 0.25) is 0 Å². The molecule has 1 heterocycles. The molecule has 3 rings (SSSR count). The van der Waals surface area contributed by atoms with E-state index in [2.05, 4.69) is 16.0 Å². The Kier molecular flexibility index (Phi) is 18.9. The van der Waals surface area contributed by atoms with E-state index in [-0.39, 0.29) is 59.8 Å². The highest BCUT2D eigenvalue weighted by atomic mass is 16.5. The van der Waals surface area contributed by atoms with Crippen LogP contribution in [-0.4, -0.2) is 129 Å². The summed E-state index contributed by atoms with van der Waals surface area (Å²) in [5, 5.41) is 9.03. The van der Waals surface area contributed by atoms with Crippen LogP contribution in [0.15, 0.2) is 24.3 Å². The zero-order chi connectivity index (χ0) is 43.4. The van der Waals surface area contributed by atoms with Gasteiger partial charge in [-0.25, -0.2) is 0 Å². The molecule has 2 aliphatic rings. The number of likely N-dealkylation sites (tertiary alicyclic amines) is 1.